The minimum atomic E-state index is -0.196. The topological polar surface area (TPSA) is 43.1 Å². The van der Waals surface area contributed by atoms with Gasteiger partial charge in [-0.15, -0.1) is 0 Å². The Labute approximate surface area is 76.5 Å². The number of carbonyl (C=O) groups excluding carboxylic acids is 1. The highest BCUT2D eigenvalue weighted by Gasteiger charge is 1.96. The molecule has 0 saturated heterocycles. The van der Waals surface area contributed by atoms with Gasteiger partial charge in [-0.05, 0) is 18.3 Å². The van der Waals surface area contributed by atoms with Crippen LogP contribution in [0, 0.1) is 11.8 Å². The lowest BCUT2D eigenvalue weighted by Gasteiger charge is -1.98. The van der Waals surface area contributed by atoms with E-state index in [9.17, 15) is 4.79 Å². The highest BCUT2D eigenvalue weighted by molar-refractivity contribution is 5.73. The number of carbonyl (C=O) groups is 1. The molecule has 0 rings (SSSR count). The van der Waals surface area contributed by atoms with Crippen LogP contribution in [-0.2, 0) is 4.79 Å². The van der Waals surface area contributed by atoms with Gasteiger partial charge in [0.1, 0.15) is 0 Å². The summed E-state index contributed by atoms with van der Waals surface area (Å²) in [5.41, 5.74) is 4.90. The Morgan fingerprint density at radius 1 is 1.17 bits per heavy atom. The van der Waals surface area contributed by atoms with Crippen molar-refractivity contribution in [2.24, 2.45) is 17.6 Å². The van der Waals surface area contributed by atoms with E-state index < -0.39 is 0 Å². The molecule has 2 heteroatoms. The molecule has 0 heterocycles. The van der Waals surface area contributed by atoms with Crippen LogP contribution in [0.2, 0.25) is 0 Å². The van der Waals surface area contributed by atoms with E-state index in [1.165, 1.54) is 0 Å². The smallest absolute Gasteiger partial charge is 0.217 e. The van der Waals surface area contributed by atoms with Crippen LogP contribution in [0.3, 0.4) is 0 Å². The van der Waals surface area contributed by atoms with E-state index in [0.717, 1.165) is 12.3 Å². The Morgan fingerprint density at radius 3 is 1.58 bits per heavy atom. The predicted octanol–water partition coefficient (Wildman–Crippen LogP) is 2.57. The second-order valence-corrected chi connectivity index (χ2v) is 4.13. The number of rotatable bonds is 3. The molecule has 0 saturated carbocycles. The molecule has 74 valence electrons. The molecule has 0 radical (unpaired) electrons. The number of hydrogen-bond acceptors (Lipinski definition) is 1. The van der Waals surface area contributed by atoms with E-state index in [2.05, 4.69) is 34.6 Å². The number of primary amides is 1. The molecule has 0 atom stereocenters. The summed E-state index contributed by atoms with van der Waals surface area (Å²) in [5.74, 6) is 1.22. The van der Waals surface area contributed by atoms with Gasteiger partial charge < -0.3 is 5.73 Å². The molecular formula is C10H23NO. The Balaban J connectivity index is 0. The summed E-state index contributed by atoms with van der Waals surface area (Å²) in [6.45, 7) is 10.6. The maximum absolute atomic E-state index is 10.1. The molecule has 0 aliphatic carbocycles. The molecule has 0 aliphatic rings. The third-order valence-corrected chi connectivity index (χ3v) is 0.968. The van der Waals surface area contributed by atoms with Crippen molar-refractivity contribution in [2.75, 3.05) is 0 Å². The molecular weight excluding hydrogens is 150 g/mol. The van der Waals surface area contributed by atoms with Crippen LogP contribution in [0.15, 0.2) is 0 Å². The van der Waals surface area contributed by atoms with Gasteiger partial charge in [0, 0.05) is 6.42 Å². The maximum atomic E-state index is 10.1. The van der Waals surface area contributed by atoms with Crippen molar-refractivity contribution in [1.82, 2.24) is 0 Å². The molecule has 0 bridgehead atoms. The van der Waals surface area contributed by atoms with Gasteiger partial charge in [0.2, 0.25) is 5.91 Å². The fourth-order valence-corrected chi connectivity index (χ4v) is 0.431. The second kappa shape index (κ2) is 8.57. The second-order valence-electron chi connectivity index (χ2n) is 4.13. The van der Waals surface area contributed by atoms with Crippen LogP contribution in [-0.4, -0.2) is 5.91 Å². The first-order chi connectivity index (χ1) is 5.36. The summed E-state index contributed by atoms with van der Waals surface area (Å²) in [6.07, 6.45) is 1.44. The van der Waals surface area contributed by atoms with Crippen LogP contribution < -0.4 is 5.73 Å². The minimum Gasteiger partial charge on any atom is -0.370 e. The van der Waals surface area contributed by atoms with Crippen LogP contribution in [0.4, 0.5) is 0 Å². The Morgan fingerprint density at radius 2 is 1.50 bits per heavy atom. The third-order valence-electron chi connectivity index (χ3n) is 0.968. The summed E-state index contributed by atoms with van der Waals surface area (Å²) < 4.78 is 0. The molecule has 0 aromatic heterocycles. The summed E-state index contributed by atoms with van der Waals surface area (Å²) in [7, 11) is 0. The summed E-state index contributed by atoms with van der Waals surface area (Å²) in [6, 6.07) is 0. The van der Waals surface area contributed by atoms with Crippen LogP contribution in [0.25, 0.3) is 0 Å². The summed E-state index contributed by atoms with van der Waals surface area (Å²) in [5, 5.41) is 0. The standard InChI is InChI=1S/C6H13NO.C4H10/c1-5(2)3-4-6(7)8;1-4(2)3/h5H,3-4H2,1-2H3,(H2,7,8);4H,1-3H3. The van der Waals surface area contributed by atoms with Crippen molar-refractivity contribution < 1.29 is 4.79 Å². The normalized spacial score (nSPS) is 9.58. The van der Waals surface area contributed by atoms with Crippen molar-refractivity contribution in [3.05, 3.63) is 0 Å². The van der Waals surface area contributed by atoms with Gasteiger partial charge in [-0.3, -0.25) is 4.79 Å². The van der Waals surface area contributed by atoms with Gasteiger partial charge in [0.15, 0.2) is 0 Å². The Bertz CT molecular complexity index is 106. The average Bonchev–Trinajstić information content (AvgIpc) is 1.82. The van der Waals surface area contributed by atoms with Gasteiger partial charge in [-0.1, -0.05) is 34.6 Å². The van der Waals surface area contributed by atoms with E-state index in [-0.39, 0.29) is 5.91 Å². The molecule has 0 spiro atoms. The van der Waals surface area contributed by atoms with E-state index in [0.29, 0.717) is 12.3 Å². The van der Waals surface area contributed by atoms with Crippen molar-refractivity contribution in [2.45, 2.75) is 47.5 Å². The Kier molecular flexibility index (Phi) is 10.0. The molecule has 0 unspecified atom stereocenters. The highest BCUT2D eigenvalue weighted by Crippen LogP contribution is 2.01. The highest BCUT2D eigenvalue weighted by atomic mass is 16.1. The first-order valence-corrected chi connectivity index (χ1v) is 4.64. The fraction of sp³-hybridized carbons (Fsp3) is 0.900. The van der Waals surface area contributed by atoms with Gasteiger partial charge >= 0.3 is 0 Å². The molecule has 0 aliphatic heterocycles. The average molecular weight is 173 g/mol. The monoisotopic (exact) mass is 173 g/mol. The molecule has 12 heavy (non-hydrogen) atoms. The quantitative estimate of drug-likeness (QED) is 0.700. The number of amides is 1. The molecule has 0 aromatic carbocycles. The lowest BCUT2D eigenvalue weighted by Crippen LogP contribution is -2.10. The number of nitrogens with two attached hydrogens (primary N) is 1. The fourth-order valence-electron chi connectivity index (χ4n) is 0.431. The molecule has 2 nitrogen and oxygen atoms in total. The van der Waals surface area contributed by atoms with Crippen molar-refractivity contribution in [1.29, 1.82) is 0 Å². The van der Waals surface area contributed by atoms with E-state index in [4.69, 9.17) is 5.73 Å². The van der Waals surface area contributed by atoms with Crippen LogP contribution in [0.5, 0.6) is 0 Å². The van der Waals surface area contributed by atoms with Gasteiger partial charge in [-0.2, -0.15) is 0 Å². The van der Waals surface area contributed by atoms with Gasteiger partial charge in [-0.25, -0.2) is 0 Å². The van der Waals surface area contributed by atoms with Crippen molar-refractivity contribution in [3.8, 4) is 0 Å². The SMILES string of the molecule is CC(C)C.CC(C)CCC(N)=O. The first-order valence-electron chi connectivity index (χ1n) is 4.64. The van der Waals surface area contributed by atoms with E-state index >= 15 is 0 Å². The first kappa shape index (κ1) is 14.0. The predicted molar refractivity (Wildman–Crippen MR) is 53.8 cm³/mol. The maximum Gasteiger partial charge on any atom is 0.217 e. The Hall–Kier alpha value is -0.530. The molecule has 0 aromatic rings. The lowest BCUT2D eigenvalue weighted by atomic mass is 10.1. The molecule has 1 amide bonds. The van der Waals surface area contributed by atoms with Crippen molar-refractivity contribution >= 4 is 5.91 Å². The van der Waals surface area contributed by atoms with Crippen LogP contribution in [0.1, 0.15) is 47.5 Å². The van der Waals surface area contributed by atoms with E-state index in [1.807, 2.05) is 0 Å². The van der Waals surface area contributed by atoms with Crippen LogP contribution >= 0.6 is 0 Å². The zero-order chi connectivity index (χ0) is 10.1. The third kappa shape index (κ3) is 34.0. The summed E-state index contributed by atoms with van der Waals surface area (Å²) in [4.78, 5) is 10.1. The zero-order valence-electron chi connectivity index (χ0n) is 9.05. The van der Waals surface area contributed by atoms with Gasteiger partial charge in [0.25, 0.3) is 0 Å². The number of hydrogen-bond donors (Lipinski definition) is 1. The molecule has 2 N–H and O–H groups in total. The zero-order valence-corrected chi connectivity index (χ0v) is 9.05. The van der Waals surface area contributed by atoms with Gasteiger partial charge in [0.05, 0.1) is 0 Å². The summed E-state index contributed by atoms with van der Waals surface area (Å²) >= 11 is 0. The minimum absolute atomic E-state index is 0.196. The lowest BCUT2D eigenvalue weighted by molar-refractivity contribution is -0.118. The van der Waals surface area contributed by atoms with Crippen molar-refractivity contribution in [3.63, 3.8) is 0 Å². The van der Waals surface area contributed by atoms with E-state index in [1.54, 1.807) is 0 Å². The molecule has 0 fully saturated rings. The largest absolute Gasteiger partial charge is 0.370 e.